The van der Waals surface area contributed by atoms with E-state index in [4.69, 9.17) is 0 Å². The van der Waals surface area contributed by atoms with Crippen LogP contribution >= 0.6 is 0 Å². The molecule has 2 aromatic carbocycles. The van der Waals surface area contributed by atoms with E-state index in [0.717, 1.165) is 46.2 Å². The van der Waals surface area contributed by atoms with Gasteiger partial charge in [0.2, 0.25) is 0 Å². The van der Waals surface area contributed by atoms with Crippen LogP contribution in [0.4, 0.5) is 0 Å². The van der Waals surface area contributed by atoms with Crippen molar-refractivity contribution in [3.63, 3.8) is 0 Å². The zero-order valence-corrected chi connectivity index (χ0v) is 19.5. The lowest BCUT2D eigenvalue weighted by molar-refractivity contribution is 0.462. The fraction of sp³-hybridized carbons (Fsp3) is 0.481. The Morgan fingerprint density at radius 1 is 0.793 bits per heavy atom. The van der Waals surface area contributed by atoms with Gasteiger partial charge in [-0.25, -0.2) is 0 Å². The largest absolute Gasteiger partial charge is 0.508 e. The maximum Gasteiger partial charge on any atom is 0.119 e. The predicted molar refractivity (Wildman–Crippen MR) is 124 cm³/mol. The monoisotopic (exact) mass is 394 g/mol. The summed E-state index contributed by atoms with van der Waals surface area (Å²) in [4.78, 5) is 0. The van der Waals surface area contributed by atoms with Crippen LogP contribution < -0.4 is 0 Å². The minimum absolute atomic E-state index is 0.0621. The molecule has 2 N–H and O–H groups in total. The van der Waals surface area contributed by atoms with E-state index in [2.05, 4.69) is 60.3 Å². The molecular formula is C27H38O2. The lowest BCUT2D eigenvalue weighted by Crippen LogP contribution is -2.15. The van der Waals surface area contributed by atoms with Gasteiger partial charge in [0.1, 0.15) is 11.5 Å². The molecule has 0 aromatic heterocycles. The first-order chi connectivity index (χ1) is 13.3. The van der Waals surface area contributed by atoms with Crippen molar-refractivity contribution < 1.29 is 10.2 Å². The third-order valence-electron chi connectivity index (χ3n) is 5.98. The summed E-state index contributed by atoms with van der Waals surface area (Å²) in [5, 5.41) is 21.4. The fourth-order valence-electron chi connectivity index (χ4n) is 3.79. The van der Waals surface area contributed by atoms with Crippen molar-refractivity contribution in [2.45, 2.75) is 85.0 Å². The van der Waals surface area contributed by atoms with Gasteiger partial charge >= 0.3 is 0 Å². The van der Waals surface area contributed by atoms with E-state index in [1.807, 2.05) is 32.1 Å². The summed E-state index contributed by atoms with van der Waals surface area (Å²) >= 11 is 0. The number of rotatable bonds is 5. The van der Waals surface area contributed by atoms with E-state index in [1.54, 1.807) is 0 Å². The highest BCUT2D eigenvalue weighted by molar-refractivity contribution is 5.53. The second kappa shape index (κ2) is 8.26. The number of benzene rings is 2. The van der Waals surface area contributed by atoms with Gasteiger partial charge in [0, 0.05) is 5.92 Å². The minimum atomic E-state index is -0.0621. The van der Waals surface area contributed by atoms with E-state index in [-0.39, 0.29) is 16.7 Å². The molecule has 0 heterocycles. The Kier molecular flexibility index (Phi) is 6.57. The molecule has 0 unspecified atom stereocenters. The Labute approximate surface area is 177 Å². The molecule has 0 atom stereocenters. The molecule has 0 saturated carbocycles. The van der Waals surface area contributed by atoms with Gasteiger partial charge in [0.05, 0.1) is 0 Å². The Balaban J connectivity index is 2.79. The molecule has 0 spiro atoms. The standard InChI is InChI=1S/C27H38O2/c1-10-11-12-21(22-13-19(26(4,5)6)15-24(28)17(22)2)23-14-20(27(7,8)9)16-25(29)18(23)3/h10,13-16,21,28-29H,1,11-12H2,2-9H3. The maximum absolute atomic E-state index is 10.7. The molecule has 2 heteroatoms. The van der Waals surface area contributed by atoms with Crippen LogP contribution in [0, 0.1) is 13.8 Å². The van der Waals surface area contributed by atoms with Gasteiger partial charge in [-0.1, -0.05) is 59.8 Å². The van der Waals surface area contributed by atoms with Gasteiger partial charge in [0.15, 0.2) is 0 Å². The molecular weight excluding hydrogens is 356 g/mol. The third-order valence-corrected chi connectivity index (χ3v) is 5.98. The zero-order valence-electron chi connectivity index (χ0n) is 19.5. The van der Waals surface area contributed by atoms with Crippen LogP contribution in [0.15, 0.2) is 36.9 Å². The number of phenolic OH excluding ortho intramolecular Hbond substituents is 2. The van der Waals surface area contributed by atoms with E-state index in [1.165, 1.54) is 0 Å². The minimum Gasteiger partial charge on any atom is -0.508 e. The second-order valence-electron chi connectivity index (χ2n) is 10.3. The molecule has 0 bridgehead atoms. The zero-order chi connectivity index (χ0) is 22.1. The highest BCUT2D eigenvalue weighted by atomic mass is 16.3. The van der Waals surface area contributed by atoms with Crippen molar-refractivity contribution in [2.75, 3.05) is 0 Å². The van der Waals surface area contributed by atoms with Crippen molar-refractivity contribution in [2.24, 2.45) is 0 Å². The van der Waals surface area contributed by atoms with Crippen LogP contribution in [-0.4, -0.2) is 10.2 Å². The topological polar surface area (TPSA) is 40.5 Å². The summed E-state index contributed by atoms with van der Waals surface area (Å²) in [5.41, 5.74) is 6.19. The average molecular weight is 395 g/mol. The molecule has 2 nitrogen and oxygen atoms in total. The number of hydrogen-bond donors (Lipinski definition) is 2. The van der Waals surface area contributed by atoms with Crippen molar-refractivity contribution in [3.8, 4) is 11.5 Å². The Morgan fingerprint density at radius 3 is 1.48 bits per heavy atom. The van der Waals surface area contributed by atoms with Crippen LogP contribution in [0.5, 0.6) is 11.5 Å². The molecule has 0 radical (unpaired) electrons. The number of phenols is 2. The highest BCUT2D eigenvalue weighted by Crippen LogP contribution is 2.42. The third kappa shape index (κ3) is 5.04. The molecule has 2 rings (SSSR count). The quantitative estimate of drug-likeness (QED) is 0.518. The van der Waals surface area contributed by atoms with Gasteiger partial charge < -0.3 is 10.2 Å². The van der Waals surface area contributed by atoms with Gasteiger partial charge in [0.25, 0.3) is 0 Å². The molecule has 29 heavy (non-hydrogen) atoms. The van der Waals surface area contributed by atoms with Crippen LogP contribution in [0.3, 0.4) is 0 Å². The molecule has 0 aliphatic heterocycles. The SMILES string of the molecule is C=CCCC(c1cc(C(C)(C)C)cc(O)c1C)c1cc(C(C)(C)C)cc(O)c1C. The summed E-state index contributed by atoms with van der Waals surface area (Å²) in [7, 11) is 0. The summed E-state index contributed by atoms with van der Waals surface area (Å²) < 4.78 is 0. The summed E-state index contributed by atoms with van der Waals surface area (Å²) in [6, 6.07) is 8.25. The number of allylic oxidation sites excluding steroid dienone is 1. The first-order valence-electron chi connectivity index (χ1n) is 10.6. The normalized spacial score (nSPS) is 12.4. The van der Waals surface area contributed by atoms with Crippen LogP contribution in [0.1, 0.15) is 93.7 Å². The van der Waals surface area contributed by atoms with Crippen LogP contribution in [-0.2, 0) is 10.8 Å². The van der Waals surface area contributed by atoms with E-state index in [0.29, 0.717) is 11.5 Å². The van der Waals surface area contributed by atoms with Crippen molar-refractivity contribution in [1.29, 1.82) is 0 Å². The molecule has 0 saturated heterocycles. The first kappa shape index (κ1) is 23.1. The summed E-state index contributed by atoms with van der Waals surface area (Å²) in [5.74, 6) is 0.754. The molecule has 0 aliphatic carbocycles. The van der Waals surface area contributed by atoms with Gasteiger partial charge in [-0.3, -0.25) is 0 Å². The van der Waals surface area contributed by atoms with Crippen molar-refractivity contribution in [1.82, 2.24) is 0 Å². The molecule has 2 aromatic rings. The fourth-order valence-corrected chi connectivity index (χ4v) is 3.79. The highest BCUT2D eigenvalue weighted by Gasteiger charge is 2.26. The maximum atomic E-state index is 10.7. The predicted octanol–water partition coefficient (Wildman–Crippen LogP) is 7.41. The smallest absolute Gasteiger partial charge is 0.119 e. The summed E-state index contributed by atoms with van der Waals surface area (Å²) in [6.45, 7) is 20.9. The van der Waals surface area contributed by atoms with Crippen LogP contribution in [0.2, 0.25) is 0 Å². The number of aromatic hydroxyl groups is 2. The molecule has 158 valence electrons. The summed E-state index contributed by atoms with van der Waals surface area (Å²) in [6.07, 6.45) is 3.69. The van der Waals surface area contributed by atoms with Crippen molar-refractivity contribution >= 4 is 0 Å². The van der Waals surface area contributed by atoms with E-state index in [9.17, 15) is 10.2 Å². The Hall–Kier alpha value is -2.22. The first-order valence-corrected chi connectivity index (χ1v) is 10.6. The van der Waals surface area contributed by atoms with Gasteiger partial charge in [-0.2, -0.15) is 0 Å². The second-order valence-corrected chi connectivity index (χ2v) is 10.3. The Bertz CT molecular complexity index is 823. The van der Waals surface area contributed by atoms with E-state index < -0.39 is 0 Å². The van der Waals surface area contributed by atoms with Crippen LogP contribution in [0.25, 0.3) is 0 Å². The van der Waals surface area contributed by atoms with Gasteiger partial charge in [-0.15, -0.1) is 6.58 Å². The lowest BCUT2D eigenvalue weighted by atomic mass is 9.76. The number of hydrogen-bond acceptors (Lipinski definition) is 2. The average Bonchev–Trinajstić information content (AvgIpc) is 2.59. The molecule has 0 amide bonds. The lowest BCUT2D eigenvalue weighted by Gasteiger charge is -2.28. The molecule has 0 fully saturated rings. The van der Waals surface area contributed by atoms with E-state index >= 15 is 0 Å². The Morgan fingerprint density at radius 2 is 1.17 bits per heavy atom. The molecule has 0 aliphatic rings. The van der Waals surface area contributed by atoms with Crippen molar-refractivity contribution in [3.05, 3.63) is 70.3 Å². The van der Waals surface area contributed by atoms with Gasteiger partial charge in [-0.05, 0) is 83.0 Å².